The third-order valence-electron chi connectivity index (χ3n) is 1.82. The van der Waals surface area contributed by atoms with Crippen LogP contribution >= 0.6 is 35.0 Å². The first-order valence-electron chi connectivity index (χ1n) is 4.40. The zero-order chi connectivity index (χ0) is 12.1. The molecule has 0 saturated carbocycles. The van der Waals surface area contributed by atoms with E-state index in [-0.39, 0.29) is 16.3 Å². The fourth-order valence-corrected chi connectivity index (χ4v) is 2.31. The van der Waals surface area contributed by atoms with E-state index in [9.17, 15) is 9.90 Å². The summed E-state index contributed by atoms with van der Waals surface area (Å²) in [7, 11) is 1.26. The lowest BCUT2D eigenvalue weighted by Crippen LogP contribution is -2.02. The largest absolute Gasteiger partial charge is 0.505 e. The minimum absolute atomic E-state index is 0.00595. The van der Waals surface area contributed by atoms with Crippen molar-refractivity contribution in [2.45, 2.75) is 4.90 Å². The van der Waals surface area contributed by atoms with Crippen molar-refractivity contribution in [1.29, 1.82) is 0 Å². The number of thioether (sulfide) groups is 1. The van der Waals surface area contributed by atoms with E-state index >= 15 is 0 Å². The van der Waals surface area contributed by atoms with Crippen LogP contribution in [0.3, 0.4) is 0 Å². The lowest BCUT2D eigenvalue weighted by Gasteiger charge is -2.08. The summed E-state index contributed by atoms with van der Waals surface area (Å²) in [5.74, 6) is 0.442. The summed E-state index contributed by atoms with van der Waals surface area (Å²) in [4.78, 5) is 11.9. The highest BCUT2D eigenvalue weighted by atomic mass is 35.5. The topological polar surface area (TPSA) is 46.5 Å². The molecule has 0 radical (unpaired) electrons. The smallest absolute Gasteiger partial charge is 0.339 e. The molecule has 1 aromatic carbocycles. The Hall–Kier alpha value is -0.580. The van der Waals surface area contributed by atoms with Gasteiger partial charge in [-0.05, 0) is 12.1 Å². The molecule has 0 aliphatic carbocycles. The molecule has 0 aliphatic rings. The number of esters is 1. The van der Waals surface area contributed by atoms with Crippen LogP contribution < -0.4 is 0 Å². The second-order valence-corrected chi connectivity index (χ2v) is 4.70. The molecule has 0 amide bonds. The van der Waals surface area contributed by atoms with Gasteiger partial charge in [-0.1, -0.05) is 11.6 Å². The molecule has 3 nitrogen and oxygen atoms in total. The van der Waals surface area contributed by atoms with Crippen molar-refractivity contribution in [3.8, 4) is 5.75 Å². The van der Waals surface area contributed by atoms with Gasteiger partial charge in [0.1, 0.15) is 5.75 Å². The maximum Gasteiger partial charge on any atom is 0.339 e. The predicted octanol–water partition coefficient (Wildman–Crippen LogP) is 3.16. The van der Waals surface area contributed by atoms with E-state index in [1.165, 1.54) is 24.9 Å². The average Bonchev–Trinajstić information content (AvgIpc) is 2.30. The summed E-state index contributed by atoms with van der Waals surface area (Å²) in [5, 5.41) is 9.75. The zero-order valence-corrected chi connectivity index (χ0v) is 10.8. The predicted molar refractivity (Wildman–Crippen MR) is 65.9 cm³/mol. The fraction of sp³-hybridized carbons (Fsp3) is 0.300. The lowest BCUT2D eigenvalue weighted by molar-refractivity contribution is 0.0600. The van der Waals surface area contributed by atoms with Gasteiger partial charge in [0, 0.05) is 11.6 Å². The van der Waals surface area contributed by atoms with Crippen LogP contribution in [0.4, 0.5) is 0 Å². The highest BCUT2D eigenvalue weighted by Crippen LogP contribution is 2.37. The SMILES string of the molecule is COC(=O)c1ccc(SCCCl)c(O)c1Cl. The quantitative estimate of drug-likeness (QED) is 0.523. The van der Waals surface area contributed by atoms with Gasteiger partial charge in [0.2, 0.25) is 0 Å². The van der Waals surface area contributed by atoms with Crippen molar-refractivity contribution in [3.63, 3.8) is 0 Å². The van der Waals surface area contributed by atoms with E-state index in [0.29, 0.717) is 16.5 Å². The summed E-state index contributed by atoms with van der Waals surface area (Å²) in [6.45, 7) is 0. The Kier molecular flexibility index (Phi) is 5.25. The first kappa shape index (κ1) is 13.5. The van der Waals surface area contributed by atoms with Gasteiger partial charge in [-0.15, -0.1) is 23.4 Å². The molecule has 1 rings (SSSR count). The van der Waals surface area contributed by atoms with Gasteiger partial charge in [-0.25, -0.2) is 4.79 Å². The van der Waals surface area contributed by atoms with Gasteiger partial charge in [-0.2, -0.15) is 0 Å². The van der Waals surface area contributed by atoms with E-state index in [0.717, 1.165) is 0 Å². The third-order valence-corrected chi connectivity index (χ3v) is 3.66. The fourth-order valence-electron chi connectivity index (χ4n) is 1.08. The average molecular weight is 281 g/mol. The van der Waals surface area contributed by atoms with Gasteiger partial charge >= 0.3 is 5.97 Å². The Bertz CT molecular complexity index is 396. The molecule has 6 heteroatoms. The molecule has 1 aromatic rings. The maximum absolute atomic E-state index is 11.3. The van der Waals surface area contributed by atoms with Crippen LogP contribution in [0.1, 0.15) is 10.4 Å². The minimum atomic E-state index is -0.575. The number of alkyl halides is 1. The van der Waals surface area contributed by atoms with Gasteiger partial charge in [0.05, 0.1) is 22.6 Å². The molecule has 1 N–H and O–H groups in total. The number of benzene rings is 1. The van der Waals surface area contributed by atoms with E-state index in [1.807, 2.05) is 0 Å². The second-order valence-electron chi connectivity index (χ2n) is 2.80. The number of carbonyl (C=O) groups is 1. The molecule has 0 saturated heterocycles. The number of halogens is 2. The van der Waals surface area contributed by atoms with Crippen molar-refractivity contribution >= 4 is 40.9 Å². The molecular weight excluding hydrogens is 271 g/mol. The maximum atomic E-state index is 11.3. The molecule has 16 heavy (non-hydrogen) atoms. The van der Waals surface area contributed by atoms with Crippen LogP contribution in [0.2, 0.25) is 5.02 Å². The van der Waals surface area contributed by atoms with Crippen LogP contribution in [0, 0.1) is 0 Å². The van der Waals surface area contributed by atoms with Crippen molar-refractivity contribution in [3.05, 3.63) is 22.7 Å². The Morgan fingerprint density at radius 3 is 2.81 bits per heavy atom. The van der Waals surface area contributed by atoms with Crippen LogP contribution in [-0.4, -0.2) is 29.8 Å². The summed E-state index contributed by atoms with van der Waals surface area (Å²) in [6.07, 6.45) is 0. The second kappa shape index (κ2) is 6.23. The summed E-state index contributed by atoms with van der Waals surface area (Å²) >= 11 is 12.8. The minimum Gasteiger partial charge on any atom is -0.505 e. The van der Waals surface area contributed by atoms with Crippen molar-refractivity contribution in [2.24, 2.45) is 0 Å². The van der Waals surface area contributed by atoms with Gasteiger partial charge in [0.15, 0.2) is 0 Å². The Morgan fingerprint density at radius 2 is 2.25 bits per heavy atom. The van der Waals surface area contributed by atoms with Crippen molar-refractivity contribution in [2.75, 3.05) is 18.7 Å². The molecule has 0 bridgehead atoms. The number of rotatable bonds is 4. The zero-order valence-electron chi connectivity index (χ0n) is 8.50. The lowest BCUT2D eigenvalue weighted by atomic mass is 10.2. The molecule has 0 fully saturated rings. The molecule has 0 aliphatic heterocycles. The van der Waals surface area contributed by atoms with Gasteiger partial charge < -0.3 is 9.84 Å². The summed E-state index contributed by atoms with van der Waals surface area (Å²) in [6, 6.07) is 3.13. The first-order valence-corrected chi connectivity index (χ1v) is 6.30. The molecular formula is C10H10Cl2O3S. The van der Waals surface area contributed by atoms with E-state index < -0.39 is 5.97 Å². The van der Waals surface area contributed by atoms with Gasteiger partial charge in [-0.3, -0.25) is 0 Å². The van der Waals surface area contributed by atoms with Crippen molar-refractivity contribution in [1.82, 2.24) is 0 Å². The number of phenolic OH excluding ortho intramolecular Hbond substituents is 1. The Labute approximate surface area is 108 Å². The van der Waals surface area contributed by atoms with E-state index in [1.54, 1.807) is 6.07 Å². The van der Waals surface area contributed by atoms with Crippen molar-refractivity contribution < 1.29 is 14.6 Å². The monoisotopic (exact) mass is 280 g/mol. The highest BCUT2D eigenvalue weighted by Gasteiger charge is 2.16. The molecule has 0 atom stereocenters. The third kappa shape index (κ3) is 2.97. The number of methoxy groups -OCH3 is 1. The molecule has 0 unspecified atom stereocenters. The molecule has 88 valence electrons. The normalized spacial score (nSPS) is 10.2. The van der Waals surface area contributed by atoms with Crippen LogP contribution in [-0.2, 0) is 4.74 Å². The van der Waals surface area contributed by atoms with Crippen LogP contribution in [0.5, 0.6) is 5.75 Å². The Balaban J connectivity index is 3.03. The number of hydrogen-bond donors (Lipinski definition) is 1. The number of hydrogen-bond acceptors (Lipinski definition) is 4. The Morgan fingerprint density at radius 1 is 1.56 bits per heavy atom. The van der Waals surface area contributed by atoms with E-state index in [4.69, 9.17) is 23.2 Å². The number of phenols is 1. The van der Waals surface area contributed by atoms with Crippen LogP contribution in [0.15, 0.2) is 17.0 Å². The first-order chi connectivity index (χ1) is 7.61. The molecule has 0 spiro atoms. The number of ether oxygens (including phenoxy) is 1. The summed E-state index contributed by atoms with van der Waals surface area (Å²) < 4.78 is 4.53. The molecule has 0 heterocycles. The number of carbonyl (C=O) groups excluding carboxylic acids is 1. The highest BCUT2D eigenvalue weighted by molar-refractivity contribution is 7.99. The number of aromatic hydroxyl groups is 1. The standard InChI is InChI=1S/C10H10Cl2O3S/c1-15-10(14)6-2-3-7(16-5-4-11)9(13)8(6)12/h2-3,13H,4-5H2,1H3. The van der Waals surface area contributed by atoms with E-state index in [2.05, 4.69) is 4.74 Å². The molecule has 0 aromatic heterocycles. The van der Waals surface area contributed by atoms with Gasteiger partial charge in [0.25, 0.3) is 0 Å². The summed E-state index contributed by atoms with van der Waals surface area (Å²) in [5.41, 5.74) is 0.150. The van der Waals surface area contributed by atoms with Crippen LogP contribution in [0.25, 0.3) is 0 Å².